The Morgan fingerprint density at radius 3 is 2.88 bits per heavy atom. The van der Waals surface area contributed by atoms with Gasteiger partial charge in [-0.15, -0.1) is 0 Å². The van der Waals surface area contributed by atoms with Gasteiger partial charge in [0.25, 0.3) is 5.91 Å². The van der Waals surface area contributed by atoms with E-state index in [0.717, 1.165) is 6.20 Å². The molecule has 17 heavy (non-hydrogen) atoms. The van der Waals surface area contributed by atoms with Crippen molar-refractivity contribution in [3.63, 3.8) is 0 Å². The molecule has 2 heterocycles. The van der Waals surface area contributed by atoms with E-state index in [1.165, 1.54) is 18.5 Å². The molecule has 2 aromatic heterocycles. The lowest BCUT2D eigenvalue weighted by Crippen LogP contribution is -2.15. The number of aromatic nitrogens is 2. The van der Waals surface area contributed by atoms with Gasteiger partial charge in [-0.05, 0) is 18.2 Å². The van der Waals surface area contributed by atoms with E-state index in [-0.39, 0.29) is 11.4 Å². The van der Waals surface area contributed by atoms with Crippen molar-refractivity contribution in [2.45, 2.75) is 0 Å². The molecule has 0 fully saturated rings. The summed E-state index contributed by atoms with van der Waals surface area (Å²) >= 11 is 0. The molecule has 0 atom stereocenters. The van der Waals surface area contributed by atoms with Gasteiger partial charge in [-0.3, -0.25) is 9.78 Å². The second kappa shape index (κ2) is 4.56. The van der Waals surface area contributed by atoms with Crippen LogP contribution in [0.5, 0.6) is 0 Å². The van der Waals surface area contributed by atoms with Crippen LogP contribution in [0, 0.1) is 5.82 Å². The smallest absolute Gasteiger partial charge is 0.259 e. The van der Waals surface area contributed by atoms with E-state index in [0.29, 0.717) is 5.69 Å². The van der Waals surface area contributed by atoms with E-state index in [1.54, 1.807) is 12.1 Å². The number of nitrogens with one attached hydrogen (secondary N) is 1. The highest BCUT2D eigenvalue weighted by Gasteiger charge is 2.12. The Bertz CT molecular complexity index is 559. The molecule has 5 nitrogen and oxygen atoms in total. The molecule has 0 unspecified atom stereocenters. The van der Waals surface area contributed by atoms with E-state index < -0.39 is 11.7 Å². The summed E-state index contributed by atoms with van der Waals surface area (Å²) in [6.45, 7) is 0. The predicted octanol–water partition coefficient (Wildman–Crippen LogP) is 1.45. The molecule has 0 aliphatic rings. The SMILES string of the molecule is Nc1cccnc1NC(=O)c1ccncc1F. The van der Waals surface area contributed by atoms with E-state index in [2.05, 4.69) is 15.3 Å². The van der Waals surface area contributed by atoms with Gasteiger partial charge in [0.05, 0.1) is 17.4 Å². The number of nitrogens with two attached hydrogens (primary N) is 1. The number of carbonyl (C=O) groups excluding carboxylic acids is 1. The molecule has 0 spiro atoms. The number of anilines is 2. The summed E-state index contributed by atoms with van der Waals surface area (Å²) in [5.41, 5.74) is 5.81. The third-order valence-corrected chi connectivity index (χ3v) is 2.09. The first kappa shape index (κ1) is 11.0. The van der Waals surface area contributed by atoms with Crippen LogP contribution in [0.4, 0.5) is 15.9 Å². The van der Waals surface area contributed by atoms with Crippen molar-refractivity contribution < 1.29 is 9.18 Å². The van der Waals surface area contributed by atoms with Crippen molar-refractivity contribution in [1.82, 2.24) is 9.97 Å². The minimum absolute atomic E-state index is 0.106. The van der Waals surface area contributed by atoms with E-state index in [1.807, 2.05) is 0 Å². The molecule has 0 saturated carbocycles. The van der Waals surface area contributed by atoms with E-state index >= 15 is 0 Å². The Kier molecular flexibility index (Phi) is 2.95. The molecule has 2 rings (SSSR count). The Morgan fingerprint density at radius 1 is 1.35 bits per heavy atom. The number of carbonyl (C=O) groups is 1. The lowest BCUT2D eigenvalue weighted by molar-refractivity contribution is 0.102. The van der Waals surface area contributed by atoms with Crippen molar-refractivity contribution >= 4 is 17.4 Å². The zero-order chi connectivity index (χ0) is 12.3. The Hall–Kier alpha value is -2.50. The molecule has 3 N–H and O–H groups in total. The van der Waals surface area contributed by atoms with Crippen LogP contribution in [0.1, 0.15) is 10.4 Å². The van der Waals surface area contributed by atoms with Gasteiger partial charge in [-0.1, -0.05) is 0 Å². The molecule has 6 heteroatoms. The van der Waals surface area contributed by atoms with Crippen LogP contribution in [0.2, 0.25) is 0 Å². The van der Waals surface area contributed by atoms with Gasteiger partial charge in [-0.25, -0.2) is 9.37 Å². The zero-order valence-corrected chi connectivity index (χ0v) is 8.72. The molecule has 1 amide bonds. The summed E-state index contributed by atoms with van der Waals surface area (Å²) in [7, 11) is 0. The summed E-state index contributed by atoms with van der Waals surface area (Å²) in [5.74, 6) is -1.11. The first-order chi connectivity index (χ1) is 8.18. The average molecular weight is 232 g/mol. The van der Waals surface area contributed by atoms with Crippen LogP contribution in [0.15, 0.2) is 36.8 Å². The van der Waals surface area contributed by atoms with Gasteiger partial charge in [0.1, 0.15) is 0 Å². The second-order valence-corrected chi connectivity index (χ2v) is 3.25. The number of amides is 1. The molecular weight excluding hydrogens is 223 g/mol. The highest BCUT2D eigenvalue weighted by Crippen LogP contribution is 2.15. The number of rotatable bonds is 2. The standard InChI is InChI=1S/C11H9FN4O/c12-8-6-14-5-3-7(8)11(17)16-10-9(13)2-1-4-15-10/h1-6H,13H2,(H,15,16,17). The lowest BCUT2D eigenvalue weighted by Gasteiger charge is -2.06. The largest absolute Gasteiger partial charge is 0.396 e. The quantitative estimate of drug-likeness (QED) is 0.821. The second-order valence-electron chi connectivity index (χ2n) is 3.25. The minimum atomic E-state index is -0.695. The number of hydrogen-bond donors (Lipinski definition) is 2. The average Bonchev–Trinajstić information content (AvgIpc) is 2.32. The fourth-order valence-corrected chi connectivity index (χ4v) is 1.26. The number of nitrogen functional groups attached to an aromatic ring is 1. The minimum Gasteiger partial charge on any atom is -0.396 e. The molecule has 86 valence electrons. The first-order valence-electron chi connectivity index (χ1n) is 4.80. The number of halogens is 1. The molecule has 2 aromatic rings. The van der Waals surface area contributed by atoms with Crippen molar-refractivity contribution in [3.8, 4) is 0 Å². The highest BCUT2D eigenvalue weighted by molar-refractivity contribution is 6.05. The lowest BCUT2D eigenvalue weighted by atomic mass is 10.2. The summed E-state index contributed by atoms with van der Waals surface area (Å²) < 4.78 is 13.3. The summed E-state index contributed by atoms with van der Waals surface area (Å²) in [5, 5.41) is 2.42. The van der Waals surface area contributed by atoms with Crippen LogP contribution >= 0.6 is 0 Å². The third kappa shape index (κ3) is 2.36. The van der Waals surface area contributed by atoms with Crippen LogP contribution in [0.3, 0.4) is 0 Å². The van der Waals surface area contributed by atoms with Crippen LogP contribution in [-0.2, 0) is 0 Å². The molecule has 0 bridgehead atoms. The van der Waals surface area contributed by atoms with Crippen LogP contribution in [0.25, 0.3) is 0 Å². The molecular formula is C11H9FN4O. The van der Waals surface area contributed by atoms with E-state index in [9.17, 15) is 9.18 Å². The number of nitrogens with zero attached hydrogens (tertiary/aromatic N) is 2. The predicted molar refractivity (Wildman–Crippen MR) is 60.8 cm³/mol. The summed E-state index contributed by atoms with van der Waals surface area (Å²) in [4.78, 5) is 19.1. The topological polar surface area (TPSA) is 80.9 Å². The van der Waals surface area contributed by atoms with Crippen LogP contribution in [-0.4, -0.2) is 15.9 Å². The van der Waals surface area contributed by atoms with Gasteiger partial charge in [0.15, 0.2) is 11.6 Å². The molecule has 0 aromatic carbocycles. The monoisotopic (exact) mass is 232 g/mol. The van der Waals surface area contributed by atoms with Crippen molar-refractivity contribution in [3.05, 3.63) is 48.2 Å². The maximum atomic E-state index is 13.3. The highest BCUT2D eigenvalue weighted by atomic mass is 19.1. The van der Waals surface area contributed by atoms with Gasteiger partial charge in [0.2, 0.25) is 0 Å². The fraction of sp³-hybridized carbons (Fsp3) is 0. The fourth-order valence-electron chi connectivity index (χ4n) is 1.26. The normalized spacial score (nSPS) is 9.94. The summed E-state index contributed by atoms with van der Waals surface area (Å²) in [6, 6.07) is 4.51. The maximum Gasteiger partial charge on any atom is 0.259 e. The van der Waals surface area contributed by atoms with Gasteiger partial charge in [-0.2, -0.15) is 0 Å². The van der Waals surface area contributed by atoms with Crippen molar-refractivity contribution in [2.24, 2.45) is 0 Å². The number of hydrogen-bond acceptors (Lipinski definition) is 4. The molecule has 0 aliphatic heterocycles. The van der Waals surface area contributed by atoms with Crippen molar-refractivity contribution in [1.29, 1.82) is 0 Å². The van der Waals surface area contributed by atoms with Gasteiger partial charge < -0.3 is 11.1 Å². The van der Waals surface area contributed by atoms with Gasteiger partial charge in [0, 0.05) is 12.4 Å². The van der Waals surface area contributed by atoms with Gasteiger partial charge >= 0.3 is 0 Å². The number of pyridine rings is 2. The third-order valence-electron chi connectivity index (χ3n) is 2.09. The molecule has 0 aliphatic carbocycles. The molecule has 0 radical (unpaired) electrons. The Morgan fingerprint density at radius 2 is 2.18 bits per heavy atom. The molecule has 0 saturated heterocycles. The van der Waals surface area contributed by atoms with Crippen molar-refractivity contribution in [2.75, 3.05) is 11.1 Å². The first-order valence-corrected chi connectivity index (χ1v) is 4.80. The maximum absolute atomic E-state index is 13.3. The zero-order valence-electron chi connectivity index (χ0n) is 8.72. The van der Waals surface area contributed by atoms with E-state index in [4.69, 9.17) is 5.73 Å². The Labute approximate surface area is 96.5 Å². The summed E-state index contributed by atoms with van der Waals surface area (Å²) in [6.07, 6.45) is 3.78. The van der Waals surface area contributed by atoms with Crippen LogP contribution < -0.4 is 11.1 Å². The Balaban J connectivity index is 2.24.